The van der Waals surface area contributed by atoms with Crippen LogP contribution in [0.3, 0.4) is 0 Å². The number of halogens is 2. The van der Waals surface area contributed by atoms with Crippen LogP contribution < -0.4 is 5.73 Å². The van der Waals surface area contributed by atoms with Crippen LogP contribution in [0, 0.1) is 13.8 Å². The van der Waals surface area contributed by atoms with Crippen molar-refractivity contribution in [3.05, 3.63) is 27.7 Å². The largest absolute Gasteiger partial charge is 0.342 e. The number of hydrogen-bond acceptors (Lipinski definition) is 3. The van der Waals surface area contributed by atoms with Crippen LogP contribution in [0.25, 0.3) is 0 Å². The third kappa shape index (κ3) is 5.16. The number of benzene rings is 1. The van der Waals surface area contributed by atoms with Gasteiger partial charge in [0.2, 0.25) is 5.91 Å². The first kappa shape index (κ1) is 18.8. The van der Waals surface area contributed by atoms with Crippen LogP contribution in [-0.2, 0) is 4.79 Å². The van der Waals surface area contributed by atoms with E-state index in [-0.39, 0.29) is 24.4 Å². The van der Waals surface area contributed by atoms with E-state index in [0.29, 0.717) is 5.75 Å². The van der Waals surface area contributed by atoms with Crippen LogP contribution in [0.15, 0.2) is 21.5 Å². The third-order valence-corrected chi connectivity index (χ3v) is 5.70. The summed E-state index contributed by atoms with van der Waals surface area (Å²) in [4.78, 5) is 15.3. The average Bonchev–Trinajstić information content (AvgIpc) is 2.42. The molecule has 118 valence electrons. The topological polar surface area (TPSA) is 46.3 Å². The van der Waals surface area contributed by atoms with E-state index in [2.05, 4.69) is 41.9 Å². The molecule has 0 aromatic heterocycles. The second kappa shape index (κ2) is 8.42. The molecule has 2 rings (SSSR count). The summed E-state index contributed by atoms with van der Waals surface area (Å²) in [5.41, 5.74) is 8.28. The van der Waals surface area contributed by atoms with E-state index in [0.717, 1.165) is 30.4 Å². The quantitative estimate of drug-likeness (QED) is 0.799. The van der Waals surface area contributed by atoms with E-state index < -0.39 is 0 Å². The molecule has 3 nitrogen and oxygen atoms in total. The number of nitrogens with zero attached hydrogens (tertiary/aromatic N) is 1. The Morgan fingerprint density at radius 3 is 2.57 bits per heavy atom. The molecule has 0 spiro atoms. The number of aryl methyl sites for hydroxylation is 2. The molecule has 1 saturated heterocycles. The lowest BCUT2D eigenvalue weighted by Crippen LogP contribution is -2.43. The van der Waals surface area contributed by atoms with Crippen molar-refractivity contribution in [3.8, 4) is 0 Å². The van der Waals surface area contributed by atoms with Crippen LogP contribution >= 0.6 is 40.1 Å². The predicted molar refractivity (Wildman–Crippen MR) is 95.4 cm³/mol. The van der Waals surface area contributed by atoms with Crippen LogP contribution in [0.2, 0.25) is 0 Å². The normalized spacial score (nSPS) is 15.7. The van der Waals surface area contributed by atoms with Gasteiger partial charge in [0.15, 0.2) is 0 Å². The summed E-state index contributed by atoms with van der Waals surface area (Å²) in [5, 5.41) is 0. The Labute approximate surface area is 145 Å². The molecule has 6 heteroatoms. The summed E-state index contributed by atoms with van der Waals surface area (Å²) < 4.78 is 1.12. The first-order valence-corrected chi connectivity index (χ1v) is 8.68. The number of rotatable bonds is 3. The Bertz CT molecular complexity index is 505. The van der Waals surface area contributed by atoms with Crippen molar-refractivity contribution >= 4 is 46.0 Å². The molecule has 1 aromatic carbocycles. The van der Waals surface area contributed by atoms with Gasteiger partial charge < -0.3 is 10.6 Å². The number of likely N-dealkylation sites (tertiary alicyclic amines) is 1. The number of thioether (sulfide) groups is 1. The molecule has 1 aromatic rings. The zero-order valence-corrected chi connectivity index (χ0v) is 15.6. The van der Waals surface area contributed by atoms with Crippen molar-refractivity contribution in [1.29, 1.82) is 0 Å². The smallest absolute Gasteiger partial charge is 0.232 e. The molecule has 1 heterocycles. The predicted octanol–water partition coefficient (Wildman–Crippen LogP) is 3.53. The summed E-state index contributed by atoms with van der Waals surface area (Å²) in [6.07, 6.45) is 1.85. The molecule has 1 fully saturated rings. The second-order valence-electron chi connectivity index (χ2n) is 5.37. The maximum absolute atomic E-state index is 12.2. The van der Waals surface area contributed by atoms with E-state index in [4.69, 9.17) is 5.73 Å². The molecular weight excluding hydrogens is 372 g/mol. The first-order chi connectivity index (χ1) is 9.47. The summed E-state index contributed by atoms with van der Waals surface area (Å²) in [5.74, 6) is 0.735. The highest BCUT2D eigenvalue weighted by atomic mass is 79.9. The Morgan fingerprint density at radius 2 is 1.95 bits per heavy atom. The number of amides is 1. The molecule has 1 aliphatic heterocycles. The van der Waals surface area contributed by atoms with E-state index in [1.807, 2.05) is 4.90 Å². The van der Waals surface area contributed by atoms with Gasteiger partial charge in [0, 0.05) is 28.5 Å². The van der Waals surface area contributed by atoms with E-state index >= 15 is 0 Å². The monoisotopic (exact) mass is 392 g/mol. The number of nitrogens with two attached hydrogens (primary N) is 1. The van der Waals surface area contributed by atoms with Crippen molar-refractivity contribution in [2.75, 3.05) is 18.8 Å². The molecule has 0 bridgehead atoms. The molecule has 2 N–H and O–H groups in total. The van der Waals surface area contributed by atoms with Gasteiger partial charge in [-0.1, -0.05) is 15.9 Å². The molecule has 1 aliphatic rings. The minimum atomic E-state index is 0. The van der Waals surface area contributed by atoms with Crippen molar-refractivity contribution in [1.82, 2.24) is 4.90 Å². The maximum Gasteiger partial charge on any atom is 0.232 e. The minimum absolute atomic E-state index is 0. The minimum Gasteiger partial charge on any atom is -0.342 e. The average molecular weight is 394 g/mol. The van der Waals surface area contributed by atoms with Crippen LogP contribution in [0.5, 0.6) is 0 Å². The highest BCUT2D eigenvalue weighted by molar-refractivity contribution is 9.10. The van der Waals surface area contributed by atoms with Gasteiger partial charge in [-0.15, -0.1) is 24.2 Å². The summed E-state index contributed by atoms with van der Waals surface area (Å²) in [6, 6.07) is 4.52. The van der Waals surface area contributed by atoms with Gasteiger partial charge in [-0.3, -0.25) is 4.79 Å². The highest BCUT2D eigenvalue weighted by Crippen LogP contribution is 2.28. The molecule has 0 atom stereocenters. The van der Waals surface area contributed by atoms with Crippen LogP contribution in [-0.4, -0.2) is 35.7 Å². The van der Waals surface area contributed by atoms with E-state index in [1.165, 1.54) is 16.0 Å². The molecular formula is C15H22BrClN2OS. The van der Waals surface area contributed by atoms with Gasteiger partial charge in [0.1, 0.15) is 0 Å². The van der Waals surface area contributed by atoms with Gasteiger partial charge >= 0.3 is 0 Å². The van der Waals surface area contributed by atoms with Crippen molar-refractivity contribution in [3.63, 3.8) is 0 Å². The van der Waals surface area contributed by atoms with E-state index in [1.54, 1.807) is 11.8 Å². The van der Waals surface area contributed by atoms with Crippen molar-refractivity contribution in [2.24, 2.45) is 5.73 Å². The molecule has 0 radical (unpaired) electrons. The molecule has 1 amide bonds. The summed E-state index contributed by atoms with van der Waals surface area (Å²) >= 11 is 5.16. The molecule has 21 heavy (non-hydrogen) atoms. The Morgan fingerprint density at radius 1 is 1.33 bits per heavy atom. The van der Waals surface area contributed by atoms with Crippen LogP contribution in [0.4, 0.5) is 0 Å². The first-order valence-electron chi connectivity index (χ1n) is 6.90. The van der Waals surface area contributed by atoms with Gasteiger partial charge in [0.05, 0.1) is 5.75 Å². The third-order valence-electron chi connectivity index (χ3n) is 3.70. The molecule has 0 saturated carbocycles. The lowest BCUT2D eigenvalue weighted by atomic mass is 10.1. The fourth-order valence-electron chi connectivity index (χ4n) is 2.29. The van der Waals surface area contributed by atoms with E-state index in [9.17, 15) is 4.79 Å². The lowest BCUT2D eigenvalue weighted by molar-refractivity contribution is -0.129. The summed E-state index contributed by atoms with van der Waals surface area (Å²) in [6.45, 7) is 5.76. The van der Waals surface area contributed by atoms with Crippen molar-refractivity contribution in [2.45, 2.75) is 37.6 Å². The van der Waals surface area contributed by atoms with Crippen LogP contribution in [0.1, 0.15) is 24.0 Å². The highest BCUT2D eigenvalue weighted by Gasteiger charge is 2.20. The van der Waals surface area contributed by atoms with Gasteiger partial charge in [-0.2, -0.15) is 0 Å². The standard InChI is InChI=1S/C15H21BrN2OS.ClH/c1-10-8-14(11(2)7-13(10)16)20-9-15(19)18-5-3-12(17)4-6-18;/h7-8,12H,3-6,9,17H2,1-2H3;1H. The second-order valence-corrected chi connectivity index (χ2v) is 7.25. The van der Waals surface area contributed by atoms with Gasteiger partial charge in [0.25, 0.3) is 0 Å². The SMILES string of the molecule is Cc1cc(SCC(=O)N2CCC(N)CC2)c(C)cc1Br.Cl. The lowest BCUT2D eigenvalue weighted by Gasteiger charge is -2.30. The Hall–Kier alpha value is -0.230. The molecule has 0 aliphatic carbocycles. The Balaban J connectivity index is 0.00000220. The maximum atomic E-state index is 12.2. The van der Waals surface area contributed by atoms with Crippen molar-refractivity contribution < 1.29 is 4.79 Å². The zero-order valence-electron chi connectivity index (χ0n) is 12.4. The number of carbonyl (C=O) groups excluding carboxylic acids is 1. The van der Waals surface area contributed by atoms with Gasteiger partial charge in [-0.25, -0.2) is 0 Å². The zero-order chi connectivity index (χ0) is 14.7. The molecule has 0 unspecified atom stereocenters. The number of carbonyl (C=O) groups is 1. The van der Waals surface area contributed by atoms with Gasteiger partial charge in [-0.05, 0) is 49.9 Å². The number of hydrogen-bond donors (Lipinski definition) is 1. The summed E-state index contributed by atoms with van der Waals surface area (Å²) in [7, 11) is 0. The number of piperidine rings is 1. The Kier molecular flexibility index (Phi) is 7.54. The fourth-order valence-corrected chi connectivity index (χ4v) is 3.76. The fraction of sp³-hybridized carbons (Fsp3) is 0.533.